The van der Waals surface area contributed by atoms with Crippen LogP contribution in [0.3, 0.4) is 0 Å². The number of carbonyl (C=O) groups excluding carboxylic acids is 1. The average molecular weight is 1290 g/mol. The van der Waals surface area contributed by atoms with Crippen LogP contribution in [0.1, 0.15) is 290 Å². The molecule has 0 aromatic rings. The largest absolute Gasteiger partial charge is 0.394 e. The van der Waals surface area contributed by atoms with E-state index in [4.69, 9.17) is 28.4 Å². The molecular formula is C71H133NO18. The van der Waals surface area contributed by atoms with E-state index in [1.807, 2.05) is 6.08 Å². The van der Waals surface area contributed by atoms with Gasteiger partial charge >= 0.3 is 0 Å². The lowest BCUT2D eigenvalue weighted by Gasteiger charge is -2.48. The summed E-state index contributed by atoms with van der Waals surface area (Å²) in [5.74, 6) is -0.280. The average Bonchev–Trinajstić information content (AvgIpc) is 1.05. The normalized spacial score (nSPS) is 28.1. The Labute approximate surface area is 543 Å². The van der Waals surface area contributed by atoms with Gasteiger partial charge in [0.05, 0.1) is 38.6 Å². The molecule has 0 radical (unpaired) electrons. The minimum absolute atomic E-state index is 0.241. The lowest BCUT2D eigenvalue weighted by atomic mass is 9.96. The predicted molar refractivity (Wildman–Crippen MR) is 351 cm³/mol. The Morgan fingerprint density at radius 2 is 0.711 bits per heavy atom. The molecule has 1 amide bonds. The lowest BCUT2D eigenvalue weighted by molar-refractivity contribution is -0.379. The minimum Gasteiger partial charge on any atom is -0.394 e. The van der Waals surface area contributed by atoms with Gasteiger partial charge in [-0.3, -0.25) is 4.79 Å². The summed E-state index contributed by atoms with van der Waals surface area (Å²) in [6.45, 7) is 1.75. The first-order valence-electron chi connectivity index (χ1n) is 36.6. The van der Waals surface area contributed by atoms with Gasteiger partial charge in [-0.1, -0.05) is 276 Å². The molecule has 3 aliphatic rings. The van der Waals surface area contributed by atoms with Crippen molar-refractivity contribution in [2.75, 3.05) is 26.4 Å². The Balaban J connectivity index is 1.39. The van der Waals surface area contributed by atoms with Gasteiger partial charge < -0.3 is 89.9 Å². The Kier molecular flexibility index (Phi) is 49.0. The fourth-order valence-corrected chi connectivity index (χ4v) is 12.6. The quantitative estimate of drug-likeness (QED) is 0.0199. The highest BCUT2D eigenvalue weighted by molar-refractivity contribution is 5.76. The molecule has 0 saturated carbocycles. The summed E-state index contributed by atoms with van der Waals surface area (Å²) in [5.41, 5.74) is 0. The Bertz CT molecular complexity index is 1730. The molecule has 12 N–H and O–H groups in total. The zero-order valence-electron chi connectivity index (χ0n) is 56.1. The van der Waals surface area contributed by atoms with Crippen molar-refractivity contribution < 1.29 is 89.4 Å². The third kappa shape index (κ3) is 34.8. The number of amides is 1. The van der Waals surface area contributed by atoms with Crippen molar-refractivity contribution in [3.05, 3.63) is 24.3 Å². The molecule has 90 heavy (non-hydrogen) atoms. The zero-order valence-corrected chi connectivity index (χ0v) is 56.1. The molecule has 17 unspecified atom stereocenters. The first-order chi connectivity index (χ1) is 43.8. The molecule has 17 atom stereocenters. The number of allylic oxidation sites excluding steroid dienone is 3. The highest BCUT2D eigenvalue weighted by Gasteiger charge is 2.53. The van der Waals surface area contributed by atoms with E-state index >= 15 is 0 Å². The fraction of sp³-hybridized carbons (Fsp3) is 0.930. The Morgan fingerprint density at radius 3 is 1.11 bits per heavy atom. The molecule has 3 aliphatic heterocycles. The van der Waals surface area contributed by atoms with Crippen LogP contribution in [-0.2, 0) is 33.2 Å². The van der Waals surface area contributed by atoms with Crippen LogP contribution >= 0.6 is 0 Å². The van der Waals surface area contributed by atoms with E-state index in [1.54, 1.807) is 6.08 Å². The molecule has 3 fully saturated rings. The summed E-state index contributed by atoms with van der Waals surface area (Å²) in [6, 6.07) is -0.986. The fourth-order valence-electron chi connectivity index (χ4n) is 12.6. The number of nitrogens with one attached hydrogen (secondary N) is 1. The molecule has 0 aromatic heterocycles. The number of carbonyl (C=O) groups is 1. The SMILES string of the molecule is CCCCCCCCCCCC/C=C/CC/C=C/C(O)C(COC1OC(CO)C(OC2OC(CO)C(OC3OC(CO)C(O)C(O)C3O)C(O)C2O)C(O)C1O)NC(=O)CCCCCCCCCCCCCCCCCCCCCCCCCCCCCCC. The van der Waals surface area contributed by atoms with Gasteiger partial charge in [0.15, 0.2) is 18.9 Å². The highest BCUT2D eigenvalue weighted by Crippen LogP contribution is 2.33. The maximum Gasteiger partial charge on any atom is 0.220 e. The number of hydrogen-bond acceptors (Lipinski definition) is 18. The molecule has 3 heterocycles. The van der Waals surface area contributed by atoms with Gasteiger partial charge in [0.25, 0.3) is 0 Å². The Morgan fingerprint density at radius 1 is 0.389 bits per heavy atom. The topological polar surface area (TPSA) is 307 Å². The summed E-state index contributed by atoms with van der Waals surface area (Å²) in [6.07, 6.45) is 34.6. The molecule has 0 aromatic carbocycles. The van der Waals surface area contributed by atoms with Gasteiger partial charge in [-0.25, -0.2) is 0 Å². The van der Waals surface area contributed by atoms with Gasteiger partial charge in [0.2, 0.25) is 5.91 Å². The van der Waals surface area contributed by atoms with Crippen molar-refractivity contribution in [3.8, 4) is 0 Å². The van der Waals surface area contributed by atoms with Gasteiger partial charge in [0.1, 0.15) is 73.2 Å². The Hall–Kier alpha value is -1.73. The van der Waals surface area contributed by atoms with Crippen LogP contribution in [0, 0.1) is 0 Å². The number of aliphatic hydroxyl groups is 11. The molecule has 530 valence electrons. The van der Waals surface area contributed by atoms with Gasteiger partial charge in [-0.2, -0.15) is 0 Å². The summed E-state index contributed by atoms with van der Waals surface area (Å²) in [5, 5.41) is 120. The number of rotatable bonds is 57. The number of unbranched alkanes of at least 4 members (excludes halogenated alkanes) is 39. The molecule has 3 rings (SSSR count). The molecular weight excluding hydrogens is 1150 g/mol. The standard InChI is InChI=1S/C71H133NO18/c1-3-5-7-9-11-13-15-17-19-21-22-23-24-25-26-27-28-29-30-31-32-33-35-37-39-41-43-45-47-49-59(77)72-54(55(76)48-46-44-42-40-38-36-34-20-18-16-14-12-10-8-6-4-2)53-85-69-65(83)62(80)67(57(51-74)87-69)90-71-66(84)63(81)68(58(52-75)88-71)89-70-64(82)61(79)60(78)56(50-73)86-70/h38,40,46,48,54-58,60-71,73-76,78-84H,3-37,39,41-45,47,49-53H2,1-2H3,(H,72,77)/b40-38+,48-46+. The molecule has 0 bridgehead atoms. The monoisotopic (exact) mass is 1290 g/mol. The van der Waals surface area contributed by atoms with Crippen LogP contribution < -0.4 is 5.32 Å². The van der Waals surface area contributed by atoms with E-state index in [-0.39, 0.29) is 18.9 Å². The van der Waals surface area contributed by atoms with Crippen LogP contribution in [0.5, 0.6) is 0 Å². The first-order valence-corrected chi connectivity index (χ1v) is 36.6. The van der Waals surface area contributed by atoms with Gasteiger partial charge in [0, 0.05) is 6.42 Å². The van der Waals surface area contributed by atoms with Crippen LogP contribution in [0.15, 0.2) is 24.3 Å². The molecule has 19 heteroatoms. The van der Waals surface area contributed by atoms with E-state index in [0.29, 0.717) is 12.8 Å². The van der Waals surface area contributed by atoms with E-state index in [9.17, 15) is 61.0 Å². The number of aliphatic hydroxyl groups excluding tert-OH is 11. The van der Waals surface area contributed by atoms with E-state index in [2.05, 4.69) is 31.3 Å². The number of hydrogen-bond donors (Lipinski definition) is 12. The van der Waals surface area contributed by atoms with Crippen molar-refractivity contribution in [2.45, 2.75) is 394 Å². The van der Waals surface area contributed by atoms with E-state index in [0.717, 1.165) is 38.5 Å². The summed E-state index contributed by atoms with van der Waals surface area (Å²) >= 11 is 0. The van der Waals surface area contributed by atoms with Gasteiger partial charge in [-0.05, 0) is 32.1 Å². The maximum absolute atomic E-state index is 13.4. The van der Waals surface area contributed by atoms with Crippen molar-refractivity contribution in [3.63, 3.8) is 0 Å². The maximum atomic E-state index is 13.4. The second-order valence-corrected chi connectivity index (χ2v) is 26.4. The lowest BCUT2D eigenvalue weighted by Crippen LogP contribution is -2.66. The van der Waals surface area contributed by atoms with Crippen molar-refractivity contribution in [1.29, 1.82) is 0 Å². The van der Waals surface area contributed by atoms with E-state index < -0.39 is 124 Å². The summed E-state index contributed by atoms with van der Waals surface area (Å²) in [4.78, 5) is 13.4. The molecule has 0 spiro atoms. The summed E-state index contributed by atoms with van der Waals surface area (Å²) < 4.78 is 34.3. The van der Waals surface area contributed by atoms with Gasteiger partial charge in [-0.15, -0.1) is 0 Å². The second-order valence-electron chi connectivity index (χ2n) is 26.4. The van der Waals surface area contributed by atoms with E-state index in [1.165, 1.54) is 218 Å². The molecule has 0 aliphatic carbocycles. The van der Waals surface area contributed by atoms with Crippen molar-refractivity contribution in [2.24, 2.45) is 0 Å². The first kappa shape index (κ1) is 82.5. The second kappa shape index (κ2) is 53.4. The minimum atomic E-state index is -1.98. The molecule has 19 nitrogen and oxygen atoms in total. The van der Waals surface area contributed by atoms with Crippen LogP contribution in [0.4, 0.5) is 0 Å². The van der Waals surface area contributed by atoms with Crippen molar-refractivity contribution in [1.82, 2.24) is 5.32 Å². The van der Waals surface area contributed by atoms with Crippen LogP contribution in [0.25, 0.3) is 0 Å². The predicted octanol–water partition coefficient (Wildman–Crippen LogP) is 10.2. The third-order valence-corrected chi connectivity index (χ3v) is 18.5. The summed E-state index contributed by atoms with van der Waals surface area (Å²) in [7, 11) is 0. The molecule has 3 saturated heterocycles. The van der Waals surface area contributed by atoms with Crippen molar-refractivity contribution >= 4 is 5.91 Å². The van der Waals surface area contributed by atoms with Crippen LogP contribution in [-0.4, -0.2) is 193 Å². The highest BCUT2D eigenvalue weighted by atomic mass is 16.8. The smallest absolute Gasteiger partial charge is 0.220 e. The third-order valence-electron chi connectivity index (χ3n) is 18.5. The number of ether oxygens (including phenoxy) is 6. The zero-order chi connectivity index (χ0) is 65.4. The van der Waals surface area contributed by atoms with Crippen LogP contribution in [0.2, 0.25) is 0 Å².